The molecule has 104 valence electrons. The monoisotopic (exact) mass is 303 g/mol. The number of hydrogen-bond donors (Lipinski definition) is 0. The Morgan fingerprint density at radius 2 is 1.95 bits per heavy atom. The SMILES string of the molecule is COC(=O)CN(C(=O)c1ccc(Cl)cc1Cl)C(C)C. The van der Waals surface area contributed by atoms with Gasteiger partial charge in [0.25, 0.3) is 5.91 Å². The number of hydrogen-bond acceptors (Lipinski definition) is 3. The molecule has 1 amide bonds. The summed E-state index contributed by atoms with van der Waals surface area (Å²) in [5, 5.41) is 0.707. The number of benzene rings is 1. The smallest absolute Gasteiger partial charge is 0.325 e. The Labute approximate surface area is 122 Å². The number of halogens is 2. The highest BCUT2D eigenvalue weighted by atomic mass is 35.5. The maximum absolute atomic E-state index is 12.4. The lowest BCUT2D eigenvalue weighted by Gasteiger charge is -2.25. The van der Waals surface area contributed by atoms with Gasteiger partial charge in [0.2, 0.25) is 0 Å². The van der Waals surface area contributed by atoms with E-state index in [1.54, 1.807) is 12.1 Å². The highest BCUT2D eigenvalue weighted by Crippen LogP contribution is 2.23. The highest BCUT2D eigenvalue weighted by Gasteiger charge is 2.23. The largest absolute Gasteiger partial charge is 0.468 e. The number of rotatable bonds is 4. The second-order valence-corrected chi connectivity index (χ2v) is 5.07. The third-order valence-electron chi connectivity index (χ3n) is 2.57. The zero-order valence-electron chi connectivity index (χ0n) is 10.9. The predicted molar refractivity (Wildman–Crippen MR) is 74.7 cm³/mol. The molecule has 0 N–H and O–H groups in total. The third-order valence-corrected chi connectivity index (χ3v) is 3.12. The standard InChI is InChI=1S/C13H15Cl2NO3/c1-8(2)16(7-12(17)19-3)13(18)10-5-4-9(14)6-11(10)15/h4-6,8H,7H2,1-3H3. The van der Waals surface area contributed by atoms with Crippen molar-refractivity contribution in [1.29, 1.82) is 0 Å². The molecule has 1 rings (SSSR count). The van der Waals surface area contributed by atoms with Gasteiger partial charge in [-0.1, -0.05) is 23.2 Å². The van der Waals surface area contributed by atoms with Crippen LogP contribution in [-0.4, -0.2) is 36.5 Å². The van der Waals surface area contributed by atoms with Crippen LogP contribution in [-0.2, 0) is 9.53 Å². The van der Waals surface area contributed by atoms with Crippen molar-refractivity contribution in [3.05, 3.63) is 33.8 Å². The fourth-order valence-corrected chi connectivity index (χ4v) is 2.00. The lowest BCUT2D eigenvalue weighted by molar-refractivity contribution is -0.141. The molecule has 0 unspecified atom stereocenters. The van der Waals surface area contributed by atoms with Crippen molar-refractivity contribution < 1.29 is 14.3 Å². The second kappa shape index (κ2) is 6.78. The first kappa shape index (κ1) is 15.8. The molecule has 0 radical (unpaired) electrons. The van der Waals surface area contributed by atoms with Gasteiger partial charge in [-0.2, -0.15) is 0 Å². The molecule has 0 bridgehead atoms. The van der Waals surface area contributed by atoms with Crippen molar-refractivity contribution in [3.63, 3.8) is 0 Å². The lowest BCUT2D eigenvalue weighted by atomic mass is 10.1. The summed E-state index contributed by atoms with van der Waals surface area (Å²) in [4.78, 5) is 25.1. The Bertz CT molecular complexity index is 489. The molecule has 4 nitrogen and oxygen atoms in total. The second-order valence-electron chi connectivity index (χ2n) is 4.23. The van der Waals surface area contributed by atoms with E-state index in [9.17, 15) is 9.59 Å². The van der Waals surface area contributed by atoms with Crippen LogP contribution < -0.4 is 0 Å². The van der Waals surface area contributed by atoms with Crippen LogP contribution in [0.1, 0.15) is 24.2 Å². The number of amides is 1. The molecule has 0 heterocycles. The van der Waals surface area contributed by atoms with Gasteiger partial charge < -0.3 is 9.64 Å². The van der Waals surface area contributed by atoms with E-state index in [1.165, 1.54) is 18.1 Å². The summed E-state index contributed by atoms with van der Waals surface area (Å²) in [7, 11) is 1.28. The molecule has 0 saturated carbocycles. The Balaban J connectivity index is 3.02. The summed E-state index contributed by atoms with van der Waals surface area (Å²) in [6.07, 6.45) is 0. The van der Waals surface area contributed by atoms with E-state index in [0.29, 0.717) is 10.6 Å². The van der Waals surface area contributed by atoms with Gasteiger partial charge in [0, 0.05) is 11.1 Å². The molecule has 0 aliphatic carbocycles. The van der Waals surface area contributed by atoms with Crippen molar-refractivity contribution >= 4 is 35.1 Å². The predicted octanol–water partition coefficient (Wildman–Crippen LogP) is 3.02. The first-order valence-electron chi connectivity index (χ1n) is 5.69. The van der Waals surface area contributed by atoms with Crippen LogP contribution in [0.4, 0.5) is 0 Å². The van der Waals surface area contributed by atoms with E-state index in [4.69, 9.17) is 23.2 Å². The molecule has 6 heteroatoms. The van der Waals surface area contributed by atoms with Crippen LogP contribution in [0.15, 0.2) is 18.2 Å². The van der Waals surface area contributed by atoms with E-state index in [0.717, 1.165) is 0 Å². The van der Waals surface area contributed by atoms with Gasteiger partial charge in [-0.25, -0.2) is 0 Å². The van der Waals surface area contributed by atoms with Crippen LogP contribution in [0, 0.1) is 0 Å². The zero-order chi connectivity index (χ0) is 14.6. The van der Waals surface area contributed by atoms with Gasteiger partial charge in [0.15, 0.2) is 0 Å². The summed E-state index contributed by atoms with van der Waals surface area (Å²) in [5.41, 5.74) is 0.309. The molecular formula is C13H15Cl2NO3. The Hall–Kier alpha value is -1.26. The van der Waals surface area contributed by atoms with Gasteiger partial charge >= 0.3 is 5.97 Å². The Morgan fingerprint density at radius 1 is 1.32 bits per heavy atom. The summed E-state index contributed by atoms with van der Waals surface area (Å²) < 4.78 is 4.58. The maximum Gasteiger partial charge on any atom is 0.325 e. The quantitative estimate of drug-likeness (QED) is 0.803. The van der Waals surface area contributed by atoms with Crippen LogP contribution in [0.2, 0.25) is 10.0 Å². The van der Waals surface area contributed by atoms with Crippen molar-refractivity contribution in [1.82, 2.24) is 4.90 Å². The van der Waals surface area contributed by atoms with E-state index in [2.05, 4.69) is 4.74 Å². The number of nitrogens with zero attached hydrogens (tertiary/aromatic N) is 1. The fraction of sp³-hybridized carbons (Fsp3) is 0.385. The van der Waals surface area contributed by atoms with Crippen LogP contribution >= 0.6 is 23.2 Å². The average molecular weight is 304 g/mol. The zero-order valence-corrected chi connectivity index (χ0v) is 12.5. The summed E-state index contributed by atoms with van der Waals surface area (Å²) in [6, 6.07) is 4.46. The number of methoxy groups -OCH3 is 1. The molecule has 0 aromatic heterocycles. The maximum atomic E-state index is 12.4. The minimum atomic E-state index is -0.480. The number of esters is 1. The summed E-state index contributed by atoms with van der Waals surface area (Å²) in [5.74, 6) is -0.811. The lowest BCUT2D eigenvalue weighted by Crippen LogP contribution is -2.41. The van der Waals surface area contributed by atoms with Crippen LogP contribution in [0.5, 0.6) is 0 Å². The molecule has 0 spiro atoms. The Kier molecular flexibility index (Phi) is 5.63. The molecule has 0 atom stereocenters. The first-order chi connectivity index (χ1) is 8.86. The normalized spacial score (nSPS) is 10.4. The van der Waals surface area contributed by atoms with Gasteiger partial charge in [-0.05, 0) is 32.0 Å². The molecule has 0 aliphatic rings. The molecule has 19 heavy (non-hydrogen) atoms. The highest BCUT2D eigenvalue weighted by molar-refractivity contribution is 6.36. The van der Waals surface area contributed by atoms with E-state index >= 15 is 0 Å². The molecular weight excluding hydrogens is 289 g/mol. The average Bonchev–Trinajstić information content (AvgIpc) is 2.34. The van der Waals surface area contributed by atoms with E-state index in [-0.39, 0.29) is 23.5 Å². The molecule has 0 aliphatic heterocycles. The van der Waals surface area contributed by atoms with E-state index in [1.807, 2.05) is 13.8 Å². The molecule has 1 aromatic rings. The fourth-order valence-electron chi connectivity index (χ4n) is 1.51. The van der Waals surface area contributed by atoms with Crippen LogP contribution in [0.25, 0.3) is 0 Å². The van der Waals surface area contributed by atoms with Gasteiger partial charge in [-0.3, -0.25) is 9.59 Å². The molecule has 0 saturated heterocycles. The van der Waals surface area contributed by atoms with E-state index < -0.39 is 5.97 Å². The first-order valence-corrected chi connectivity index (χ1v) is 6.45. The summed E-state index contributed by atoms with van der Waals surface area (Å²) in [6.45, 7) is 3.50. The molecule has 0 fully saturated rings. The van der Waals surface area contributed by atoms with Gasteiger partial charge in [0.05, 0.1) is 17.7 Å². The number of carbonyl (C=O) groups is 2. The topological polar surface area (TPSA) is 46.6 Å². The number of carbonyl (C=O) groups excluding carboxylic acids is 2. The van der Waals surface area contributed by atoms with Crippen molar-refractivity contribution in [2.24, 2.45) is 0 Å². The van der Waals surface area contributed by atoms with Crippen molar-refractivity contribution in [3.8, 4) is 0 Å². The molecule has 1 aromatic carbocycles. The minimum Gasteiger partial charge on any atom is -0.468 e. The van der Waals surface area contributed by atoms with Crippen molar-refractivity contribution in [2.45, 2.75) is 19.9 Å². The van der Waals surface area contributed by atoms with Crippen molar-refractivity contribution in [2.75, 3.05) is 13.7 Å². The van der Waals surface area contributed by atoms with Gasteiger partial charge in [-0.15, -0.1) is 0 Å². The number of ether oxygens (including phenoxy) is 1. The Morgan fingerprint density at radius 3 is 2.42 bits per heavy atom. The van der Waals surface area contributed by atoms with Gasteiger partial charge in [0.1, 0.15) is 6.54 Å². The third kappa shape index (κ3) is 4.11. The summed E-state index contributed by atoms with van der Waals surface area (Å²) >= 11 is 11.8. The minimum absolute atomic E-state index is 0.119. The van der Waals surface area contributed by atoms with Crippen LogP contribution in [0.3, 0.4) is 0 Å².